The van der Waals surface area contributed by atoms with E-state index in [0.29, 0.717) is 22.4 Å². The maximum absolute atomic E-state index is 12.9. The molecule has 1 N–H and O–H groups in total. The van der Waals surface area contributed by atoms with Crippen molar-refractivity contribution in [3.8, 4) is 0 Å². The van der Waals surface area contributed by atoms with E-state index in [9.17, 15) is 9.59 Å². The predicted molar refractivity (Wildman–Crippen MR) is 115 cm³/mol. The molecule has 0 saturated carbocycles. The molecule has 0 aliphatic carbocycles. The largest absolute Gasteiger partial charge is 0.463 e. The quantitative estimate of drug-likeness (QED) is 0.390. The highest BCUT2D eigenvalue weighted by Crippen LogP contribution is 2.22. The van der Waals surface area contributed by atoms with Crippen LogP contribution in [-0.2, 0) is 20.6 Å². The third-order valence-electron chi connectivity index (χ3n) is 4.84. The van der Waals surface area contributed by atoms with E-state index < -0.39 is 11.2 Å². The van der Waals surface area contributed by atoms with E-state index in [2.05, 4.69) is 15.5 Å². The van der Waals surface area contributed by atoms with Gasteiger partial charge in [0.05, 0.1) is 12.8 Å². The maximum atomic E-state index is 12.9. The molecule has 3 aromatic heterocycles. The molecular weight excluding hydrogens is 408 g/mol. The second kappa shape index (κ2) is 7.68. The van der Waals surface area contributed by atoms with Crippen molar-refractivity contribution in [2.24, 2.45) is 19.2 Å². The van der Waals surface area contributed by atoms with Gasteiger partial charge >= 0.3 is 5.69 Å². The van der Waals surface area contributed by atoms with Gasteiger partial charge in [-0.3, -0.25) is 18.5 Å². The van der Waals surface area contributed by atoms with Crippen molar-refractivity contribution in [2.45, 2.75) is 13.5 Å². The Balaban J connectivity index is 1.90. The topological polar surface area (TPSA) is 99.4 Å². The fourth-order valence-electron chi connectivity index (χ4n) is 3.16. The van der Waals surface area contributed by atoms with E-state index in [1.807, 2.05) is 18.2 Å². The lowest BCUT2D eigenvalue weighted by molar-refractivity contribution is 0.557. The van der Waals surface area contributed by atoms with Crippen molar-refractivity contribution in [3.63, 3.8) is 0 Å². The van der Waals surface area contributed by atoms with Crippen LogP contribution in [0.2, 0.25) is 5.02 Å². The summed E-state index contributed by atoms with van der Waals surface area (Å²) in [6.07, 6.45) is 1.56. The molecule has 0 fully saturated rings. The lowest BCUT2D eigenvalue weighted by Crippen LogP contribution is -2.37. The van der Waals surface area contributed by atoms with Crippen LogP contribution in [0.15, 0.2) is 61.8 Å². The fraction of sp³-hybridized carbons (Fsp3) is 0.200. The number of hydrazone groups is 1. The number of furan rings is 1. The number of anilines is 1. The van der Waals surface area contributed by atoms with E-state index >= 15 is 0 Å². The molecule has 0 bridgehead atoms. The molecule has 30 heavy (non-hydrogen) atoms. The van der Waals surface area contributed by atoms with E-state index in [1.165, 1.54) is 11.6 Å². The zero-order chi connectivity index (χ0) is 21.4. The number of rotatable bonds is 5. The summed E-state index contributed by atoms with van der Waals surface area (Å²) in [5, 5.41) is 4.88. The average molecular weight is 427 g/mol. The Kier molecular flexibility index (Phi) is 5.04. The van der Waals surface area contributed by atoms with Crippen molar-refractivity contribution in [1.82, 2.24) is 18.7 Å². The van der Waals surface area contributed by atoms with Crippen LogP contribution in [0.1, 0.15) is 18.2 Å². The molecule has 0 radical (unpaired) electrons. The van der Waals surface area contributed by atoms with Crippen LogP contribution in [-0.4, -0.2) is 24.4 Å². The Labute approximate surface area is 175 Å². The zero-order valence-corrected chi connectivity index (χ0v) is 17.3. The predicted octanol–water partition coefficient (Wildman–Crippen LogP) is 2.56. The summed E-state index contributed by atoms with van der Waals surface area (Å²) >= 11 is 6.33. The van der Waals surface area contributed by atoms with Crippen molar-refractivity contribution in [2.75, 3.05) is 5.43 Å². The first-order valence-corrected chi connectivity index (χ1v) is 9.50. The van der Waals surface area contributed by atoms with Crippen LogP contribution in [0.5, 0.6) is 0 Å². The summed E-state index contributed by atoms with van der Waals surface area (Å²) in [5.74, 6) is 0.897. The van der Waals surface area contributed by atoms with Gasteiger partial charge in [-0.15, -0.1) is 0 Å². The Hall–Kier alpha value is -3.59. The molecule has 10 heteroatoms. The summed E-state index contributed by atoms with van der Waals surface area (Å²) in [4.78, 5) is 29.7. The second-order valence-electron chi connectivity index (χ2n) is 6.78. The molecule has 0 amide bonds. The first kappa shape index (κ1) is 19.7. The second-order valence-corrected chi connectivity index (χ2v) is 7.18. The van der Waals surface area contributed by atoms with Gasteiger partial charge in [0.1, 0.15) is 11.5 Å². The van der Waals surface area contributed by atoms with Gasteiger partial charge in [0.2, 0.25) is 5.95 Å². The third kappa shape index (κ3) is 3.33. The van der Waals surface area contributed by atoms with Crippen molar-refractivity contribution in [3.05, 3.63) is 79.8 Å². The van der Waals surface area contributed by atoms with Crippen LogP contribution in [0.4, 0.5) is 5.95 Å². The number of hydrogen-bond acceptors (Lipinski definition) is 6. The molecule has 154 valence electrons. The van der Waals surface area contributed by atoms with Crippen LogP contribution in [0, 0.1) is 0 Å². The number of fused-ring (bicyclic) bond motifs is 1. The van der Waals surface area contributed by atoms with Gasteiger partial charge in [0, 0.05) is 19.1 Å². The summed E-state index contributed by atoms with van der Waals surface area (Å²) in [5.41, 5.74) is 3.90. The number of nitrogens with one attached hydrogen (secondary N) is 1. The van der Waals surface area contributed by atoms with Gasteiger partial charge < -0.3 is 4.42 Å². The summed E-state index contributed by atoms with van der Waals surface area (Å²) < 4.78 is 9.38. The van der Waals surface area contributed by atoms with Crippen LogP contribution >= 0.6 is 11.6 Å². The third-order valence-corrected chi connectivity index (χ3v) is 5.20. The van der Waals surface area contributed by atoms with Gasteiger partial charge in [0.25, 0.3) is 5.56 Å². The summed E-state index contributed by atoms with van der Waals surface area (Å²) in [6.45, 7) is 2.04. The molecule has 3 heterocycles. The zero-order valence-electron chi connectivity index (χ0n) is 16.6. The number of nitrogens with zero attached hydrogens (tertiary/aromatic N) is 5. The van der Waals surface area contributed by atoms with E-state index in [1.54, 1.807) is 43.0 Å². The van der Waals surface area contributed by atoms with E-state index in [0.717, 1.165) is 10.1 Å². The Morgan fingerprint density at radius 3 is 2.63 bits per heavy atom. The Bertz CT molecular complexity index is 1380. The lowest BCUT2D eigenvalue weighted by Gasteiger charge is -2.10. The summed E-state index contributed by atoms with van der Waals surface area (Å²) in [6, 6.07) is 10.9. The normalized spacial score (nSPS) is 11.9. The molecular formula is C20H19ClN6O3. The van der Waals surface area contributed by atoms with Crippen LogP contribution in [0.3, 0.4) is 0 Å². The van der Waals surface area contributed by atoms with Crippen LogP contribution in [0.25, 0.3) is 11.2 Å². The molecule has 4 rings (SSSR count). The minimum Gasteiger partial charge on any atom is -0.463 e. The van der Waals surface area contributed by atoms with Gasteiger partial charge in [-0.25, -0.2) is 10.2 Å². The number of aromatic nitrogens is 4. The van der Waals surface area contributed by atoms with Crippen molar-refractivity contribution < 1.29 is 4.42 Å². The number of imidazole rings is 1. The van der Waals surface area contributed by atoms with Gasteiger partial charge in [-0.1, -0.05) is 29.8 Å². The fourth-order valence-corrected chi connectivity index (χ4v) is 3.35. The minimum atomic E-state index is -0.461. The molecule has 9 nitrogen and oxygen atoms in total. The SMILES string of the molecule is CC(=NNc1nc2c(c(=O)n(C)c(=O)n2C)n1Cc1ccccc1Cl)c1ccco1. The molecule has 0 atom stereocenters. The van der Waals surface area contributed by atoms with Crippen LogP contribution < -0.4 is 16.7 Å². The number of benzene rings is 1. The number of halogens is 1. The highest BCUT2D eigenvalue weighted by molar-refractivity contribution is 6.31. The molecule has 0 saturated heterocycles. The molecule has 1 aromatic carbocycles. The van der Waals surface area contributed by atoms with Gasteiger partial charge in [0.15, 0.2) is 11.2 Å². The highest BCUT2D eigenvalue weighted by Gasteiger charge is 2.20. The Morgan fingerprint density at radius 1 is 1.17 bits per heavy atom. The average Bonchev–Trinajstić information content (AvgIpc) is 3.39. The van der Waals surface area contributed by atoms with E-state index in [4.69, 9.17) is 16.0 Å². The molecule has 0 aliphatic rings. The molecule has 0 aliphatic heterocycles. The van der Waals surface area contributed by atoms with Gasteiger partial charge in [-0.05, 0) is 30.7 Å². The minimum absolute atomic E-state index is 0.253. The monoisotopic (exact) mass is 426 g/mol. The molecule has 4 aromatic rings. The maximum Gasteiger partial charge on any atom is 0.332 e. The Morgan fingerprint density at radius 2 is 1.93 bits per heavy atom. The number of hydrogen-bond donors (Lipinski definition) is 1. The lowest BCUT2D eigenvalue weighted by atomic mass is 10.2. The number of aryl methyl sites for hydroxylation is 1. The molecule has 0 unspecified atom stereocenters. The smallest absolute Gasteiger partial charge is 0.332 e. The first-order valence-electron chi connectivity index (χ1n) is 9.12. The van der Waals surface area contributed by atoms with Crippen molar-refractivity contribution >= 4 is 34.4 Å². The molecule has 0 spiro atoms. The summed E-state index contributed by atoms with van der Waals surface area (Å²) in [7, 11) is 3.00. The first-order chi connectivity index (χ1) is 14.4. The van der Waals surface area contributed by atoms with E-state index in [-0.39, 0.29) is 17.7 Å². The van der Waals surface area contributed by atoms with Gasteiger partial charge in [-0.2, -0.15) is 10.1 Å². The van der Waals surface area contributed by atoms with Crippen molar-refractivity contribution in [1.29, 1.82) is 0 Å². The standard InChI is InChI=1S/C20H19ClN6O3/c1-12(15-9-6-10-30-15)23-24-19-22-17-16(18(28)26(3)20(29)25(17)2)27(19)11-13-7-4-5-8-14(13)21/h4-10H,11H2,1-3H3,(H,22,24). The highest BCUT2D eigenvalue weighted by atomic mass is 35.5.